The predicted molar refractivity (Wildman–Crippen MR) is 97.3 cm³/mol. The maximum atomic E-state index is 13.6. The number of nitrogens with one attached hydrogen (secondary N) is 2. The molecule has 0 aliphatic rings. The minimum atomic E-state index is -0.568. The van der Waals surface area contributed by atoms with E-state index in [1.54, 1.807) is 0 Å². The summed E-state index contributed by atoms with van der Waals surface area (Å²) in [5.74, 6) is -0.826. The number of anilines is 1. The van der Waals surface area contributed by atoms with Crippen molar-refractivity contribution in [3.63, 3.8) is 0 Å². The second kappa shape index (κ2) is 8.66. The fourth-order valence-corrected chi connectivity index (χ4v) is 2.35. The molecular formula is C20H17FN2O4. The zero-order chi connectivity index (χ0) is 19.1. The molecule has 27 heavy (non-hydrogen) atoms. The summed E-state index contributed by atoms with van der Waals surface area (Å²) in [5.41, 5.74) is 0.484. The zero-order valence-electron chi connectivity index (χ0n) is 14.3. The normalized spacial score (nSPS) is 10.3. The van der Waals surface area contributed by atoms with Gasteiger partial charge in [-0.15, -0.1) is 0 Å². The van der Waals surface area contributed by atoms with Gasteiger partial charge in [-0.2, -0.15) is 0 Å². The number of rotatable bonds is 7. The maximum Gasteiger partial charge on any atom is 0.258 e. The number of ether oxygens (including phenoxy) is 1. The van der Waals surface area contributed by atoms with Crippen LogP contribution in [0, 0.1) is 5.82 Å². The first-order valence-corrected chi connectivity index (χ1v) is 8.22. The van der Waals surface area contributed by atoms with Crippen LogP contribution in [0.25, 0.3) is 0 Å². The average molecular weight is 368 g/mol. The Bertz CT molecular complexity index is 911. The van der Waals surface area contributed by atoms with Gasteiger partial charge in [0.25, 0.3) is 11.8 Å². The van der Waals surface area contributed by atoms with E-state index in [2.05, 4.69) is 10.6 Å². The van der Waals surface area contributed by atoms with E-state index in [1.165, 1.54) is 24.7 Å². The van der Waals surface area contributed by atoms with Crippen LogP contribution in [0.15, 0.2) is 71.5 Å². The molecule has 6 nitrogen and oxygen atoms in total. The van der Waals surface area contributed by atoms with Gasteiger partial charge >= 0.3 is 0 Å². The van der Waals surface area contributed by atoms with Crippen molar-refractivity contribution in [1.82, 2.24) is 5.32 Å². The number of carbonyl (C=O) groups excluding carboxylic acids is 2. The molecule has 0 atom stereocenters. The molecular weight excluding hydrogens is 351 g/mol. The van der Waals surface area contributed by atoms with Crippen LogP contribution in [0.4, 0.5) is 10.1 Å². The molecule has 0 saturated carbocycles. The third kappa shape index (κ3) is 4.94. The van der Waals surface area contributed by atoms with Crippen LogP contribution in [-0.2, 0) is 0 Å². The lowest BCUT2D eigenvalue weighted by molar-refractivity contribution is 0.0948. The fourth-order valence-electron chi connectivity index (χ4n) is 2.35. The molecule has 0 fully saturated rings. The van der Waals surface area contributed by atoms with E-state index in [9.17, 15) is 14.0 Å². The number of benzene rings is 2. The van der Waals surface area contributed by atoms with E-state index in [-0.39, 0.29) is 30.0 Å². The van der Waals surface area contributed by atoms with E-state index < -0.39 is 17.6 Å². The lowest BCUT2D eigenvalue weighted by Gasteiger charge is -2.12. The largest absolute Gasteiger partial charge is 0.492 e. The van der Waals surface area contributed by atoms with E-state index in [4.69, 9.17) is 9.15 Å². The van der Waals surface area contributed by atoms with Crippen molar-refractivity contribution in [2.24, 2.45) is 0 Å². The molecule has 3 aromatic rings. The van der Waals surface area contributed by atoms with Crippen LogP contribution in [0.5, 0.6) is 5.75 Å². The SMILES string of the molecule is O=C(Nc1cc(F)ccc1C(=O)NCCOc1ccccc1)c1ccoc1. The van der Waals surface area contributed by atoms with Crippen LogP contribution >= 0.6 is 0 Å². The highest BCUT2D eigenvalue weighted by Gasteiger charge is 2.16. The number of amides is 2. The van der Waals surface area contributed by atoms with Gasteiger partial charge in [-0.3, -0.25) is 9.59 Å². The topological polar surface area (TPSA) is 80.6 Å². The van der Waals surface area contributed by atoms with Crippen LogP contribution in [0.3, 0.4) is 0 Å². The van der Waals surface area contributed by atoms with Crippen molar-refractivity contribution in [1.29, 1.82) is 0 Å². The van der Waals surface area contributed by atoms with Crippen LogP contribution < -0.4 is 15.4 Å². The first-order valence-electron chi connectivity index (χ1n) is 8.22. The lowest BCUT2D eigenvalue weighted by atomic mass is 10.1. The Morgan fingerprint density at radius 1 is 1.04 bits per heavy atom. The van der Waals surface area contributed by atoms with Crippen molar-refractivity contribution in [3.05, 3.63) is 84.1 Å². The van der Waals surface area contributed by atoms with E-state index in [0.29, 0.717) is 5.75 Å². The number of furan rings is 1. The first-order chi connectivity index (χ1) is 13.1. The summed E-state index contributed by atoms with van der Waals surface area (Å²) in [5, 5.41) is 5.20. The van der Waals surface area contributed by atoms with Crippen molar-refractivity contribution in [2.45, 2.75) is 0 Å². The van der Waals surface area contributed by atoms with E-state index in [0.717, 1.165) is 12.1 Å². The summed E-state index contributed by atoms with van der Waals surface area (Å²) in [6, 6.07) is 14.2. The summed E-state index contributed by atoms with van der Waals surface area (Å²) in [4.78, 5) is 24.5. The molecule has 3 rings (SSSR count). The van der Waals surface area contributed by atoms with Crippen molar-refractivity contribution in [2.75, 3.05) is 18.5 Å². The summed E-state index contributed by atoms with van der Waals surface area (Å²) in [6.45, 7) is 0.522. The average Bonchev–Trinajstić information content (AvgIpc) is 3.21. The summed E-state index contributed by atoms with van der Waals surface area (Å²) in [7, 11) is 0. The molecule has 1 heterocycles. The Labute approximate surface area is 155 Å². The van der Waals surface area contributed by atoms with E-state index >= 15 is 0 Å². The number of carbonyl (C=O) groups is 2. The minimum absolute atomic E-state index is 0.0719. The smallest absolute Gasteiger partial charge is 0.258 e. The highest BCUT2D eigenvalue weighted by atomic mass is 19.1. The zero-order valence-corrected chi connectivity index (χ0v) is 14.3. The van der Waals surface area contributed by atoms with Crippen LogP contribution in [-0.4, -0.2) is 25.0 Å². The second-order valence-corrected chi connectivity index (χ2v) is 5.57. The summed E-state index contributed by atoms with van der Waals surface area (Å²) >= 11 is 0. The van der Waals surface area contributed by atoms with Crippen LogP contribution in [0.2, 0.25) is 0 Å². The second-order valence-electron chi connectivity index (χ2n) is 5.57. The molecule has 0 spiro atoms. The minimum Gasteiger partial charge on any atom is -0.492 e. The molecule has 0 aliphatic carbocycles. The molecule has 0 bridgehead atoms. The van der Waals surface area contributed by atoms with Crippen LogP contribution in [0.1, 0.15) is 20.7 Å². The molecule has 0 saturated heterocycles. The molecule has 0 radical (unpaired) electrons. The number of halogens is 1. The third-order valence-corrected chi connectivity index (χ3v) is 3.66. The molecule has 2 amide bonds. The van der Waals surface area contributed by atoms with Gasteiger partial charge in [-0.05, 0) is 36.4 Å². The molecule has 0 unspecified atom stereocenters. The van der Waals surface area contributed by atoms with Gasteiger partial charge in [-0.1, -0.05) is 18.2 Å². The van der Waals surface area contributed by atoms with Gasteiger partial charge in [0.2, 0.25) is 0 Å². The van der Waals surface area contributed by atoms with Gasteiger partial charge in [0.05, 0.1) is 29.6 Å². The Hall–Kier alpha value is -3.61. The molecule has 0 aliphatic heterocycles. The third-order valence-electron chi connectivity index (χ3n) is 3.66. The number of hydrogen-bond acceptors (Lipinski definition) is 4. The summed E-state index contributed by atoms with van der Waals surface area (Å²) < 4.78 is 23.9. The fraction of sp³-hybridized carbons (Fsp3) is 0.100. The Morgan fingerprint density at radius 3 is 2.59 bits per heavy atom. The predicted octanol–water partition coefficient (Wildman–Crippen LogP) is 3.48. The molecule has 138 valence electrons. The Morgan fingerprint density at radius 2 is 1.85 bits per heavy atom. The highest BCUT2D eigenvalue weighted by molar-refractivity contribution is 6.08. The molecule has 1 aromatic heterocycles. The quantitative estimate of drug-likeness (QED) is 0.626. The van der Waals surface area contributed by atoms with Gasteiger partial charge < -0.3 is 19.8 Å². The standard InChI is InChI=1S/C20H17FN2O4/c21-15-6-7-17(18(12-15)23-19(24)14-8-10-26-13-14)20(25)22-9-11-27-16-4-2-1-3-5-16/h1-8,10,12-13H,9,11H2,(H,22,25)(H,23,24). The first kappa shape index (κ1) is 18.2. The van der Waals surface area contributed by atoms with Gasteiger partial charge in [0, 0.05) is 0 Å². The van der Waals surface area contributed by atoms with Crippen molar-refractivity contribution >= 4 is 17.5 Å². The van der Waals surface area contributed by atoms with Gasteiger partial charge in [-0.25, -0.2) is 4.39 Å². The monoisotopic (exact) mass is 368 g/mol. The Balaban J connectivity index is 1.61. The van der Waals surface area contributed by atoms with Gasteiger partial charge in [0.15, 0.2) is 0 Å². The molecule has 2 aromatic carbocycles. The van der Waals surface area contributed by atoms with Gasteiger partial charge in [0.1, 0.15) is 24.4 Å². The molecule has 2 N–H and O–H groups in total. The number of para-hydroxylation sites is 1. The van der Waals surface area contributed by atoms with Crippen molar-refractivity contribution < 1.29 is 23.1 Å². The summed E-state index contributed by atoms with van der Waals surface area (Å²) in [6.07, 6.45) is 2.61. The molecule has 7 heteroatoms. The highest BCUT2D eigenvalue weighted by Crippen LogP contribution is 2.18. The maximum absolute atomic E-state index is 13.6. The lowest BCUT2D eigenvalue weighted by Crippen LogP contribution is -2.29. The van der Waals surface area contributed by atoms with Crippen molar-refractivity contribution in [3.8, 4) is 5.75 Å². The Kier molecular flexibility index (Phi) is 5.84. The number of hydrogen-bond donors (Lipinski definition) is 2. The van der Waals surface area contributed by atoms with E-state index in [1.807, 2.05) is 30.3 Å².